The molecule has 3 aromatic rings. The number of thiazole rings is 1. The number of rotatable bonds is 4. The lowest BCUT2D eigenvalue weighted by Crippen LogP contribution is -2.28. The van der Waals surface area contributed by atoms with Gasteiger partial charge in [0.15, 0.2) is 0 Å². The summed E-state index contributed by atoms with van der Waals surface area (Å²) < 4.78 is 0. The molecule has 4 rings (SSSR count). The van der Waals surface area contributed by atoms with Gasteiger partial charge in [-0.25, -0.2) is 9.97 Å². The number of amides is 1. The van der Waals surface area contributed by atoms with Gasteiger partial charge in [0.2, 0.25) is 5.91 Å². The number of nitrogens with one attached hydrogen (secondary N) is 1. The van der Waals surface area contributed by atoms with Crippen molar-refractivity contribution in [1.82, 2.24) is 15.0 Å². The van der Waals surface area contributed by atoms with Gasteiger partial charge in [-0.1, -0.05) is 0 Å². The normalized spacial score (nSPS) is 19.9. The predicted octanol–water partition coefficient (Wildman–Crippen LogP) is 3.80. The molecular weight excluding hydrogens is 360 g/mol. The van der Waals surface area contributed by atoms with Crippen LogP contribution in [-0.4, -0.2) is 32.6 Å². The van der Waals surface area contributed by atoms with Gasteiger partial charge in [0.05, 0.1) is 15.6 Å². The molecule has 0 aromatic carbocycles. The number of nitrogens with zero attached hydrogens (tertiary/aromatic N) is 3. The van der Waals surface area contributed by atoms with Crippen LogP contribution in [-0.2, 0) is 4.79 Å². The first-order chi connectivity index (χ1) is 13.1. The highest BCUT2D eigenvalue weighted by Gasteiger charge is 2.26. The summed E-state index contributed by atoms with van der Waals surface area (Å²) in [5, 5.41) is 15.1. The summed E-state index contributed by atoms with van der Waals surface area (Å²) in [5.41, 5.74) is 0.874. The van der Waals surface area contributed by atoms with Crippen LogP contribution in [0.2, 0.25) is 0 Å². The molecule has 1 amide bonds. The lowest BCUT2D eigenvalue weighted by Gasteiger charge is -2.26. The van der Waals surface area contributed by atoms with E-state index in [4.69, 9.17) is 0 Å². The quantitative estimate of drug-likeness (QED) is 0.717. The third-order valence-corrected chi connectivity index (χ3v) is 6.14. The molecule has 0 aliphatic heterocycles. The number of aliphatic hydroxyl groups excluding tert-OH is 1. The first kappa shape index (κ1) is 18.0. The predicted molar refractivity (Wildman–Crippen MR) is 107 cm³/mol. The Bertz CT molecular complexity index is 964. The van der Waals surface area contributed by atoms with Crippen molar-refractivity contribution in [1.29, 1.82) is 0 Å². The van der Waals surface area contributed by atoms with Crippen molar-refractivity contribution in [2.45, 2.75) is 32.6 Å². The van der Waals surface area contributed by atoms with Crippen LogP contribution in [0.25, 0.3) is 21.3 Å². The fraction of sp³-hybridized carbons (Fsp3) is 0.400. The van der Waals surface area contributed by atoms with Crippen molar-refractivity contribution >= 4 is 33.8 Å². The maximum Gasteiger partial charge on any atom is 0.228 e. The molecule has 0 unspecified atom stereocenters. The summed E-state index contributed by atoms with van der Waals surface area (Å²) in [6.07, 6.45) is 8.83. The Morgan fingerprint density at radius 2 is 1.89 bits per heavy atom. The smallest absolute Gasteiger partial charge is 0.228 e. The van der Waals surface area contributed by atoms with Gasteiger partial charge >= 0.3 is 0 Å². The fourth-order valence-corrected chi connectivity index (χ4v) is 4.30. The van der Waals surface area contributed by atoms with Crippen LogP contribution >= 0.6 is 11.3 Å². The summed E-state index contributed by atoms with van der Waals surface area (Å²) in [7, 11) is 0. The zero-order valence-corrected chi connectivity index (χ0v) is 16.0. The van der Waals surface area contributed by atoms with E-state index in [0.717, 1.165) is 52.0 Å². The Balaban J connectivity index is 1.51. The molecule has 1 aliphatic rings. The fourth-order valence-electron chi connectivity index (χ4n) is 3.56. The summed E-state index contributed by atoms with van der Waals surface area (Å²) in [6, 6.07) is 3.90. The van der Waals surface area contributed by atoms with E-state index in [0.29, 0.717) is 11.7 Å². The second-order valence-electron chi connectivity index (χ2n) is 7.12. The zero-order valence-electron chi connectivity index (χ0n) is 15.2. The molecule has 140 valence electrons. The lowest BCUT2D eigenvalue weighted by atomic mass is 9.82. The van der Waals surface area contributed by atoms with Gasteiger partial charge in [0.1, 0.15) is 5.82 Å². The molecule has 0 saturated heterocycles. The van der Waals surface area contributed by atoms with Gasteiger partial charge in [-0.15, -0.1) is 11.3 Å². The first-order valence-electron chi connectivity index (χ1n) is 9.22. The number of carbonyl (C=O) groups excluding carboxylic acids is 1. The van der Waals surface area contributed by atoms with Crippen molar-refractivity contribution in [2.75, 3.05) is 11.9 Å². The lowest BCUT2D eigenvalue weighted by molar-refractivity contribution is -0.121. The molecule has 27 heavy (non-hydrogen) atoms. The van der Waals surface area contributed by atoms with Crippen molar-refractivity contribution in [3.8, 4) is 10.6 Å². The Morgan fingerprint density at radius 3 is 2.59 bits per heavy atom. The Morgan fingerprint density at radius 1 is 1.11 bits per heavy atom. The van der Waals surface area contributed by atoms with Crippen LogP contribution < -0.4 is 5.32 Å². The number of hydrogen-bond acceptors (Lipinski definition) is 6. The summed E-state index contributed by atoms with van der Waals surface area (Å²) in [4.78, 5) is 26.7. The average Bonchev–Trinajstić information content (AvgIpc) is 3.14. The minimum atomic E-state index is -0.00142. The van der Waals surface area contributed by atoms with E-state index in [9.17, 15) is 9.90 Å². The second kappa shape index (κ2) is 7.70. The minimum absolute atomic E-state index is 0.00142. The number of aryl methyl sites for hydroxylation is 1. The van der Waals surface area contributed by atoms with E-state index in [-0.39, 0.29) is 18.4 Å². The van der Waals surface area contributed by atoms with Gasteiger partial charge < -0.3 is 10.4 Å². The highest BCUT2D eigenvalue weighted by molar-refractivity contribution is 7.15. The molecule has 2 N–H and O–H groups in total. The van der Waals surface area contributed by atoms with Crippen LogP contribution in [0, 0.1) is 18.8 Å². The first-order valence-corrected chi connectivity index (χ1v) is 10.0. The number of pyridine rings is 2. The van der Waals surface area contributed by atoms with Crippen molar-refractivity contribution in [3.05, 3.63) is 35.7 Å². The van der Waals surface area contributed by atoms with Gasteiger partial charge in [0, 0.05) is 36.5 Å². The van der Waals surface area contributed by atoms with Crippen LogP contribution in [0.1, 0.15) is 30.7 Å². The summed E-state index contributed by atoms with van der Waals surface area (Å²) >= 11 is 1.61. The molecule has 6 nitrogen and oxygen atoms in total. The number of hydrogen-bond donors (Lipinski definition) is 2. The van der Waals surface area contributed by atoms with E-state index >= 15 is 0 Å². The van der Waals surface area contributed by atoms with Crippen LogP contribution in [0.3, 0.4) is 0 Å². The third kappa shape index (κ3) is 3.99. The molecule has 0 atom stereocenters. The molecule has 1 saturated carbocycles. The number of carbonyl (C=O) groups is 1. The Kier molecular flexibility index (Phi) is 5.13. The van der Waals surface area contributed by atoms with E-state index in [1.165, 1.54) is 0 Å². The maximum absolute atomic E-state index is 12.6. The molecule has 1 aliphatic carbocycles. The number of aromatic nitrogens is 3. The minimum Gasteiger partial charge on any atom is -0.396 e. The highest BCUT2D eigenvalue weighted by Crippen LogP contribution is 2.30. The van der Waals surface area contributed by atoms with Crippen molar-refractivity contribution < 1.29 is 9.90 Å². The number of fused-ring (bicyclic) bond motifs is 1. The molecule has 0 spiro atoms. The van der Waals surface area contributed by atoms with Crippen LogP contribution in [0.4, 0.5) is 5.82 Å². The van der Waals surface area contributed by atoms with E-state index < -0.39 is 0 Å². The van der Waals surface area contributed by atoms with Crippen LogP contribution in [0.15, 0.2) is 30.7 Å². The molecule has 1 fully saturated rings. The van der Waals surface area contributed by atoms with E-state index in [2.05, 4.69) is 20.3 Å². The molecule has 3 aromatic heterocycles. The van der Waals surface area contributed by atoms with Crippen molar-refractivity contribution in [3.63, 3.8) is 0 Å². The van der Waals surface area contributed by atoms with Crippen molar-refractivity contribution in [2.24, 2.45) is 11.8 Å². The second-order valence-corrected chi connectivity index (χ2v) is 8.35. The summed E-state index contributed by atoms with van der Waals surface area (Å²) in [6.45, 7) is 2.19. The van der Waals surface area contributed by atoms with E-state index in [1.54, 1.807) is 23.7 Å². The van der Waals surface area contributed by atoms with Crippen LogP contribution in [0.5, 0.6) is 0 Å². The maximum atomic E-state index is 12.6. The average molecular weight is 382 g/mol. The van der Waals surface area contributed by atoms with Gasteiger partial charge in [-0.2, -0.15) is 0 Å². The zero-order chi connectivity index (χ0) is 18.8. The molecule has 7 heteroatoms. The standard InChI is InChI=1S/C20H22N4O2S/c1-12-21-10-18(27-12)17-6-15-7-19(23-9-16(15)8-22-17)24-20(26)14-4-2-13(11-25)3-5-14/h6-10,13-14,25H,2-5,11H2,1H3,(H,23,24,26)/t13-,14-. The molecule has 0 radical (unpaired) electrons. The highest BCUT2D eigenvalue weighted by atomic mass is 32.1. The Hall–Kier alpha value is -2.38. The van der Waals surface area contributed by atoms with Gasteiger partial charge in [-0.3, -0.25) is 9.78 Å². The summed E-state index contributed by atoms with van der Waals surface area (Å²) in [5.74, 6) is 0.924. The van der Waals surface area contributed by atoms with E-state index in [1.807, 2.05) is 25.3 Å². The molecular formula is C20H22N4O2S. The van der Waals surface area contributed by atoms with Gasteiger partial charge in [0.25, 0.3) is 0 Å². The molecule has 3 heterocycles. The van der Waals surface area contributed by atoms with Gasteiger partial charge in [-0.05, 0) is 56.0 Å². The SMILES string of the molecule is Cc1ncc(-c2cc3cc(NC(=O)[C@H]4CC[C@H](CO)CC4)ncc3cn2)s1. The number of anilines is 1. The third-order valence-electron chi connectivity index (χ3n) is 5.20. The largest absolute Gasteiger partial charge is 0.396 e. The Labute approximate surface area is 161 Å². The topological polar surface area (TPSA) is 88.0 Å². The molecule has 0 bridgehead atoms. The monoisotopic (exact) mass is 382 g/mol. The number of aliphatic hydroxyl groups is 1.